The lowest BCUT2D eigenvalue weighted by Gasteiger charge is -2.20. The average Bonchev–Trinajstić information content (AvgIpc) is 2.48. The van der Waals surface area contributed by atoms with Crippen molar-refractivity contribution < 1.29 is 0 Å². The van der Waals surface area contributed by atoms with Gasteiger partial charge < -0.3 is 0 Å². The number of rotatable bonds is 0. The summed E-state index contributed by atoms with van der Waals surface area (Å²) >= 11 is 0. The number of fused-ring (bicyclic) bond motifs is 3. The Morgan fingerprint density at radius 2 is 2.13 bits per heavy atom. The van der Waals surface area contributed by atoms with Crippen molar-refractivity contribution in [2.75, 3.05) is 0 Å². The van der Waals surface area contributed by atoms with Crippen LogP contribution < -0.4 is 0 Å². The molecule has 0 aromatic heterocycles. The van der Waals surface area contributed by atoms with Crippen LogP contribution in [0.4, 0.5) is 0 Å². The van der Waals surface area contributed by atoms with Gasteiger partial charge >= 0.3 is 0 Å². The quantitative estimate of drug-likeness (QED) is 0.604. The van der Waals surface area contributed by atoms with E-state index in [2.05, 4.69) is 52.7 Å². The van der Waals surface area contributed by atoms with Crippen molar-refractivity contribution in [3.63, 3.8) is 0 Å². The number of benzene rings is 1. The van der Waals surface area contributed by atoms with Gasteiger partial charge in [0.15, 0.2) is 0 Å². The van der Waals surface area contributed by atoms with Crippen molar-refractivity contribution in [3.05, 3.63) is 53.7 Å². The van der Waals surface area contributed by atoms with Crippen LogP contribution in [-0.4, -0.2) is 0 Å². The molecule has 0 fully saturated rings. The van der Waals surface area contributed by atoms with E-state index >= 15 is 0 Å². The van der Waals surface area contributed by atoms with Crippen molar-refractivity contribution in [2.24, 2.45) is 16.1 Å². The molecular formula is C13H12N2. The van der Waals surface area contributed by atoms with Crippen molar-refractivity contribution >= 4 is 6.08 Å². The van der Waals surface area contributed by atoms with Crippen LogP contribution in [0.1, 0.15) is 23.6 Å². The summed E-state index contributed by atoms with van der Waals surface area (Å²) in [6, 6.07) is 8.65. The second-order valence-corrected chi connectivity index (χ2v) is 3.95. The van der Waals surface area contributed by atoms with Crippen LogP contribution in [0.5, 0.6) is 0 Å². The molecule has 1 aromatic carbocycles. The summed E-state index contributed by atoms with van der Waals surface area (Å²) in [7, 11) is 0. The van der Waals surface area contributed by atoms with E-state index in [1.807, 2.05) is 6.20 Å². The van der Waals surface area contributed by atoms with Gasteiger partial charge in [-0.15, -0.1) is 0 Å². The van der Waals surface area contributed by atoms with Gasteiger partial charge in [-0.05, 0) is 17.5 Å². The summed E-state index contributed by atoms with van der Waals surface area (Å²) in [4.78, 5) is 0. The normalized spacial score (nSPS) is 26.9. The fourth-order valence-corrected chi connectivity index (χ4v) is 2.23. The van der Waals surface area contributed by atoms with E-state index in [0.717, 1.165) is 6.42 Å². The summed E-state index contributed by atoms with van der Waals surface area (Å²) in [5, 5.41) is 8.37. The van der Waals surface area contributed by atoms with Crippen molar-refractivity contribution in [2.45, 2.75) is 12.5 Å². The minimum Gasteiger partial charge on any atom is -0.180 e. The van der Waals surface area contributed by atoms with Crippen molar-refractivity contribution in [1.29, 1.82) is 0 Å². The zero-order valence-corrected chi connectivity index (χ0v) is 8.38. The molecule has 1 aliphatic carbocycles. The largest absolute Gasteiger partial charge is 0.180 e. The maximum Gasteiger partial charge on any atom is 0.103 e. The summed E-state index contributed by atoms with van der Waals surface area (Å²) in [5.74, 6) is 0.474. The monoisotopic (exact) mass is 196 g/mol. The Morgan fingerprint density at radius 1 is 1.20 bits per heavy atom. The van der Waals surface area contributed by atoms with Gasteiger partial charge in [-0.3, -0.25) is 0 Å². The first-order valence-corrected chi connectivity index (χ1v) is 5.27. The summed E-state index contributed by atoms with van der Waals surface area (Å²) in [6.45, 7) is 0. The molecule has 0 saturated carbocycles. The predicted octanol–water partition coefficient (Wildman–Crippen LogP) is 3.74. The van der Waals surface area contributed by atoms with Crippen LogP contribution >= 0.6 is 0 Å². The number of hydrogen-bond acceptors (Lipinski definition) is 2. The Bertz CT molecular complexity index is 457. The van der Waals surface area contributed by atoms with E-state index < -0.39 is 0 Å². The standard InChI is InChI=1S/C13H12N2/c1-2-7-12-10(4-1)5-3-6-11-8-9-14-15-13(11)12/h1-5,7-9,11,13H,6H2. The number of allylic oxidation sites excluding steroid dienone is 1. The van der Waals surface area contributed by atoms with E-state index in [4.69, 9.17) is 0 Å². The molecule has 1 aliphatic heterocycles. The third kappa shape index (κ3) is 1.42. The molecule has 2 aliphatic rings. The highest BCUT2D eigenvalue weighted by molar-refractivity contribution is 5.56. The Morgan fingerprint density at radius 3 is 3.13 bits per heavy atom. The lowest BCUT2D eigenvalue weighted by molar-refractivity contribution is 0.499. The van der Waals surface area contributed by atoms with Crippen LogP contribution in [0.25, 0.3) is 6.08 Å². The molecule has 2 nitrogen and oxygen atoms in total. The lowest BCUT2D eigenvalue weighted by Crippen LogP contribution is -2.09. The molecule has 2 atom stereocenters. The van der Waals surface area contributed by atoms with Gasteiger partial charge in [0, 0.05) is 12.1 Å². The Balaban J connectivity index is 2.13. The van der Waals surface area contributed by atoms with Gasteiger partial charge in [-0.1, -0.05) is 42.5 Å². The molecule has 0 bridgehead atoms. The molecule has 0 N–H and O–H groups in total. The van der Waals surface area contributed by atoms with Gasteiger partial charge in [0.2, 0.25) is 0 Å². The Kier molecular flexibility index (Phi) is 1.98. The fraction of sp³-hybridized carbons (Fsp3) is 0.231. The average molecular weight is 196 g/mol. The van der Waals surface area contributed by atoms with Crippen LogP contribution in [-0.2, 0) is 0 Å². The maximum atomic E-state index is 4.35. The number of hydrogen-bond donors (Lipinski definition) is 0. The van der Waals surface area contributed by atoms with Crippen molar-refractivity contribution in [1.82, 2.24) is 0 Å². The molecule has 3 rings (SSSR count). The topological polar surface area (TPSA) is 24.7 Å². The molecule has 0 spiro atoms. The van der Waals surface area contributed by atoms with E-state index in [0.29, 0.717) is 5.92 Å². The van der Waals surface area contributed by atoms with Gasteiger partial charge in [0.1, 0.15) is 6.04 Å². The van der Waals surface area contributed by atoms with E-state index in [1.54, 1.807) is 0 Å². The van der Waals surface area contributed by atoms with Crippen LogP contribution in [0.2, 0.25) is 0 Å². The van der Waals surface area contributed by atoms with Gasteiger partial charge in [-0.25, -0.2) is 0 Å². The van der Waals surface area contributed by atoms with Crippen LogP contribution in [0.15, 0.2) is 52.8 Å². The first-order chi connectivity index (χ1) is 7.45. The van der Waals surface area contributed by atoms with Crippen LogP contribution in [0.3, 0.4) is 0 Å². The smallest absolute Gasteiger partial charge is 0.103 e. The molecule has 1 heterocycles. The third-order valence-electron chi connectivity index (χ3n) is 3.02. The maximum absolute atomic E-state index is 4.35. The molecule has 0 radical (unpaired) electrons. The molecule has 2 unspecified atom stereocenters. The van der Waals surface area contributed by atoms with E-state index in [9.17, 15) is 0 Å². The minimum absolute atomic E-state index is 0.209. The molecule has 2 heteroatoms. The highest BCUT2D eigenvalue weighted by Crippen LogP contribution is 2.37. The highest BCUT2D eigenvalue weighted by Gasteiger charge is 2.25. The molecule has 15 heavy (non-hydrogen) atoms. The summed E-state index contributed by atoms with van der Waals surface area (Å²) < 4.78 is 0. The lowest BCUT2D eigenvalue weighted by atomic mass is 9.90. The summed E-state index contributed by atoms with van der Waals surface area (Å²) in [5.41, 5.74) is 2.57. The highest BCUT2D eigenvalue weighted by atomic mass is 15.1. The van der Waals surface area contributed by atoms with Crippen LogP contribution in [0, 0.1) is 5.92 Å². The number of nitrogens with zero attached hydrogens (tertiary/aromatic N) is 2. The SMILES string of the molecule is C1=Cc2ccccc2C2N=NC=CC2C1. The van der Waals surface area contributed by atoms with E-state index in [1.165, 1.54) is 11.1 Å². The molecule has 0 amide bonds. The second-order valence-electron chi connectivity index (χ2n) is 3.95. The summed E-state index contributed by atoms with van der Waals surface area (Å²) in [6.07, 6.45) is 9.44. The Labute approximate surface area is 89.0 Å². The molecule has 74 valence electrons. The molecule has 1 aromatic rings. The van der Waals surface area contributed by atoms with Gasteiger partial charge in [-0.2, -0.15) is 10.2 Å². The number of azo groups is 1. The molecule has 0 saturated heterocycles. The zero-order valence-electron chi connectivity index (χ0n) is 8.38. The van der Waals surface area contributed by atoms with Gasteiger partial charge in [0.05, 0.1) is 0 Å². The predicted molar refractivity (Wildman–Crippen MR) is 60.3 cm³/mol. The van der Waals surface area contributed by atoms with E-state index in [-0.39, 0.29) is 6.04 Å². The first kappa shape index (κ1) is 8.60. The first-order valence-electron chi connectivity index (χ1n) is 5.27. The van der Waals surface area contributed by atoms with Gasteiger partial charge in [0.25, 0.3) is 0 Å². The fourth-order valence-electron chi connectivity index (χ4n) is 2.23. The van der Waals surface area contributed by atoms with Crippen molar-refractivity contribution in [3.8, 4) is 0 Å². The zero-order chi connectivity index (χ0) is 10.1. The minimum atomic E-state index is 0.209. The molecular weight excluding hydrogens is 184 g/mol. The second kappa shape index (κ2) is 3.46. The third-order valence-corrected chi connectivity index (χ3v) is 3.02. The Hall–Kier alpha value is -1.70.